The molecule has 262 valence electrons. The molecular formula is C30H62O10S2Si2. The Labute approximate surface area is 278 Å². The summed E-state index contributed by atoms with van der Waals surface area (Å²) in [7, 11) is -5.39. The first-order valence-electron chi connectivity index (χ1n) is 16.2. The number of hydrogen-bond acceptors (Lipinski definition) is 12. The highest BCUT2D eigenvalue weighted by Crippen LogP contribution is 2.30. The lowest BCUT2D eigenvalue weighted by Gasteiger charge is -2.29. The third kappa shape index (κ3) is 17.1. The minimum Gasteiger partial charge on any atom is -0.464 e. The van der Waals surface area contributed by atoms with E-state index in [1.54, 1.807) is 23.5 Å². The van der Waals surface area contributed by atoms with Gasteiger partial charge in [0.25, 0.3) is 0 Å². The average molecular weight is 703 g/mol. The molecule has 0 bridgehead atoms. The van der Waals surface area contributed by atoms with Gasteiger partial charge in [-0.25, -0.2) is 0 Å². The number of rotatable bonds is 28. The number of hydrogen-bond donors (Lipinski definition) is 0. The second-order valence-electron chi connectivity index (χ2n) is 11.2. The average Bonchev–Trinajstić information content (AvgIpc) is 2.96. The van der Waals surface area contributed by atoms with Gasteiger partial charge in [-0.1, -0.05) is 6.92 Å². The molecule has 0 radical (unpaired) electrons. The van der Waals surface area contributed by atoms with Crippen LogP contribution in [0, 0.1) is 5.92 Å². The Morgan fingerprint density at radius 3 is 1.09 bits per heavy atom. The molecule has 0 unspecified atom stereocenters. The minimum atomic E-state index is -2.69. The van der Waals surface area contributed by atoms with Crippen molar-refractivity contribution in [1.29, 1.82) is 0 Å². The number of ether oxygens (including phenoxy) is 2. The molecule has 0 saturated carbocycles. The van der Waals surface area contributed by atoms with Crippen LogP contribution in [-0.4, -0.2) is 103 Å². The summed E-state index contributed by atoms with van der Waals surface area (Å²) in [6, 6.07) is 1.40. The fourth-order valence-corrected chi connectivity index (χ4v) is 11.9. The van der Waals surface area contributed by atoms with Gasteiger partial charge in [0.15, 0.2) is 0 Å². The van der Waals surface area contributed by atoms with Crippen LogP contribution in [0.3, 0.4) is 0 Å². The lowest BCUT2D eigenvalue weighted by Crippen LogP contribution is -2.46. The Balaban J connectivity index is 4.62. The van der Waals surface area contributed by atoms with Crippen LogP contribution in [-0.2, 0) is 45.6 Å². The van der Waals surface area contributed by atoms with E-state index in [2.05, 4.69) is 0 Å². The molecule has 0 fully saturated rings. The van der Waals surface area contributed by atoms with Crippen LogP contribution >= 0.6 is 23.5 Å². The van der Waals surface area contributed by atoms with Crippen molar-refractivity contribution in [1.82, 2.24) is 0 Å². The summed E-state index contributed by atoms with van der Waals surface area (Å²) in [5, 5.41) is 0. The normalized spacial score (nSPS) is 13.0. The van der Waals surface area contributed by atoms with E-state index in [0.29, 0.717) is 51.7 Å². The Bertz CT molecular complexity index is 693. The van der Waals surface area contributed by atoms with Gasteiger partial charge in [-0.3, -0.25) is 9.59 Å². The summed E-state index contributed by atoms with van der Waals surface area (Å²) in [6.07, 6.45) is 1.62. The molecule has 0 aromatic carbocycles. The summed E-state index contributed by atoms with van der Waals surface area (Å²) in [5.74, 6) is 0.789. The molecule has 0 rings (SSSR count). The maximum atomic E-state index is 12.9. The molecular weight excluding hydrogens is 641 g/mol. The van der Waals surface area contributed by atoms with E-state index in [0.717, 1.165) is 24.3 Å². The van der Waals surface area contributed by atoms with E-state index in [9.17, 15) is 9.59 Å². The molecule has 0 N–H and O–H groups in total. The first-order valence-corrected chi connectivity index (χ1v) is 22.0. The van der Waals surface area contributed by atoms with Crippen molar-refractivity contribution in [3.05, 3.63) is 0 Å². The van der Waals surface area contributed by atoms with E-state index in [1.165, 1.54) is 0 Å². The van der Waals surface area contributed by atoms with E-state index in [4.69, 9.17) is 36.0 Å². The Morgan fingerprint density at radius 2 is 0.841 bits per heavy atom. The zero-order valence-corrected chi connectivity index (χ0v) is 33.0. The highest BCUT2D eigenvalue weighted by molar-refractivity contribution is 8.01. The first-order chi connectivity index (χ1) is 20.7. The fraction of sp³-hybridized carbons (Fsp3) is 0.933. The van der Waals surface area contributed by atoms with Crippen LogP contribution in [0.1, 0.15) is 89.0 Å². The van der Waals surface area contributed by atoms with Gasteiger partial charge in [0.1, 0.15) is 9.49 Å². The standard InChI is InChI=1S/C30H62O10S2Si2/c1-12-35-43(36-13-2,37-14-3)22-18-20-41-29(8,9)27(31)33-24-26(7)25-34-28(32)30(10,11)42-21-19-23-44(38-15-4,39-16-5)40-17-6/h26H,12-25H2,1-11H3. The summed E-state index contributed by atoms with van der Waals surface area (Å²) in [5.41, 5.74) is 0. The summed E-state index contributed by atoms with van der Waals surface area (Å²) in [4.78, 5) is 25.7. The second-order valence-corrected chi connectivity index (χ2v) is 20.1. The summed E-state index contributed by atoms with van der Waals surface area (Å²) in [6.45, 7) is 24.7. The Morgan fingerprint density at radius 1 is 0.568 bits per heavy atom. The number of esters is 2. The molecule has 0 aliphatic heterocycles. The van der Waals surface area contributed by atoms with Gasteiger partial charge in [0.05, 0.1) is 13.2 Å². The van der Waals surface area contributed by atoms with Crippen molar-refractivity contribution < 1.29 is 45.6 Å². The van der Waals surface area contributed by atoms with Crippen molar-refractivity contribution in [2.75, 3.05) is 64.4 Å². The molecule has 0 atom stereocenters. The molecule has 0 saturated heterocycles. The van der Waals surface area contributed by atoms with Crippen molar-refractivity contribution in [2.24, 2.45) is 5.92 Å². The number of carbonyl (C=O) groups is 2. The third-order valence-electron chi connectivity index (χ3n) is 6.35. The first kappa shape index (κ1) is 43.8. The lowest BCUT2D eigenvalue weighted by molar-refractivity contribution is -0.150. The predicted octanol–water partition coefficient (Wildman–Crippen LogP) is 6.61. The SMILES string of the molecule is CCO[Si](CCCSC(C)(C)C(=O)OCC(C)COC(=O)C(C)(C)SCCC[Si](OCC)(OCC)OCC)(OCC)OCC. The monoisotopic (exact) mass is 702 g/mol. The van der Waals surface area contributed by atoms with Crippen LogP contribution in [0.4, 0.5) is 0 Å². The molecule has 0 aliphatic rings. The van der Waals surface area contributed by atoms with Gasteiger partial charge in [-0.05, 0) is 93.6 Å². The van der Waals surface area contributed by atoms with E-state index in [-0.39, 0.29) is 31.1 Å². The van der Waals surface area contributed by atoms with Gasteiger partial charge < -0.3 is 36.0 Å². The lowest BCUT2D eigenvalue weighted by atomic mass is 10.2. The minimum absolute atomic E-state index is 0.130. The molecule has 0 aromatic heterocycles. The van der Waals surface area contributed by atoms with Crippen molar-refractivity contribution in [3.63, 3.8) is 0 Å². The quantitative estimate of drug-likeness (QED) is 0.0498. The second kappa shape index (κ2) is 23.2. The van der Waals surface area contributed by atoms with Crippen LogP contribution in [0.2, 0.25) is 12.1 Å². The van der Waals surface area contributed by atoms with Crippen LogP contribution in [0.5, 0.6) is 0 Å². The van der Waals surface area contributed by atoms with E-state index >= 15 is 0 Å². The van der Waals surface area contributed by atoms with Gasteiger partial charge in [-0.15, -0.1) is 23.5 Å². The molecule has 10 nitrogen and oxygen atoms in total. The summed E-state index contributed by atoms with van der Waals surface area (Å²) >= 11 is 3.09. The molecule has 14 heteroatoms. The highest BCUT2D eigenvalue weighted by atomic mass is 32.2. The molecule has 0 aliphatic carbocycles. The maximum Gasteiger partial charge on any atom is 0.500 e. The van der Waals surface area contributed by atoms with Crippen LogP contribution in [0.15, 0.2) is 0 Å². The highest BCUT2D eigenvalue weighted by Gasteiger charge is 2.41. The Hall–Kier alpha value is -0.166. The zero-order valence-electron chi connectivity index (χ0n) is 29.4. The number of carbonyl (C=O) groups excluding carboxylic acids is 2. The van der Waals surface area contributed by atoms with E-state index < -0.39 is 27.1 Å². The number of thioether (sulfide) groups is 2. The molecule has 44 heavy (non-hydrogen) atoms. The molecule has 0 aromatic rings. The zero-order chi connectivity index (χ0) is 33.7. The molecule has 0 amide bonds. The fourth-order valence-electron chi connectivity index (χ4n) is 4.18. The molecule has 0 heterocycles. The van der Waals surface area contributed by atoms with Crippen LogP contribution in [0.25, 0.3) is 0 Å². The smallest absolute Gasteiger partial charge is 0.464 e. The topological polar surface area (TPSA) is 108 Å². The van der Waals surface area contributed by atoms with Crippen molar-refractivity contribution in [3.8, 4) is 0 Å². The largest absolute Gasteiger partial charge is 0.500 e. The molecule has 0 spiro atoms. The van der Waals surface area contributed by atoms with Crippen molar-refractivity contribution in [2.45, 2.75) is 111 Å². The van der Waals surface area contributed by atoms with Gasteiger partial charge in [0.2, 0.25) is 0 Å². The maximum absolute atomic E-state index is 12.9. The van der Waals surface area contributed by atoms with Crippen LogP contribution < -0.4 is 0 Å². The predicted molar refractivity (Wildman–Crippen MR) is 184 cm³/mol. The van der Waals surface area contributed by atoms with Gasteiger partial charge >= 0.3 is 29.5 Å². The van der Waals surface area contributed by atoms with E-state index in [1.807, 2.05) is 76.2 Å². The van der Waals surface area contributed by atoms with Gasteiger partial charge in [-0.2, -0.15) is 0 Å². The van der Waals surface area contributed by atoms with Crippen molar-refractivity contribution >= 4 is 53.1 Å². The Kier molecular flexibility index (Phi) is 23.1. The van der Waals surface area contributed by atoms with Gasteiger partial charge in [0, 0.05) is 57.6 Å². The third-order valence-corrected chi connectivity index (χ3v) is 15.4. The summed E-state index contributed by atoms with van der Waals surface area (Å²) < 4.78 is 45.3.